The molecule has 0 aliphatic carbocycles. The number of halogens is 14. The number of likely N-dealkylation sites (tertiary alicyclic amines) is 1. The molecule has 125 heavy (non-hydrogen) atoms. The van der Waals surface area contributed by atoms with Crippen LogP contribution in [0.2, 0.25) is 30.3 Å². The van der Waals surface area contributed by atoms with Crippen molar-refractivity contribution in [3.63, 3.8) is 0 Å². The second kappa shape index (κ2) is 41.8. The molecule has 8 N–H and O–H groups in total. The van der Waals surface area contributed by atoms with Crippen molar-refractivity contribution < 1.29 is 87.8 Å². The van der Waals surface area contributed by atoms with Gasteiger partial charge in [-0.3, -0.25) is 19.3 Å². The molecular formula is C85H95BCl6F8N13O12. The van der Waals surface area contributed by atoms with Gasteiger partial charge in [0.15, 0.2) is 27.9 Å². The van der Waals surface area contributed by atoms with E-state index in [0.29, 0.717) is 89.4 Å². The number of fused-ring (bicyclic) bond motifs is 4. The topological polar surface area (TPSA) is 346 Å². The number of anilines is 2. The second-order valence-electron chi connectivity index (χ2n) is 32.6. The van der Waals surface area contributed by atoms with Crippen LogP contribution >= 0.6 is 69.6 Å². The summed E-state index contributed by atoms with van der Waals surface area (Å²) >= 11 is 34.8. The summed E-state index contributed by atoms with van der Waals surface area (Å²) in [7, 11) is 0. The summed E-state index contributed by atoms with van der Waals surface area (Å²) in [6.45, 7) is 39.3. The minimum atomic E-state index is -3.56. The van der Waals surface area contributed by atoms with Crippen LogP contribution in [0.1, 0.15) is 127 Å². The van der Waals surface area contributed by atoms with Crippen LogP contribution in [-0.2, 0) is 57.0 Å². The molecule has 3 fully saturated rings. The molecule has 0 unspecified atom stereocenters. The molecular weight excluding hydrogens is 1770 g/mol. The highest BCUT2D eigenvalue weighted by atomic mass is 35.5. The lowest BCUT2D eigenvalue weighted by molar-refractivity contribution is -0.162. The number of H-pyrrole nitrogens is 1. The molecule has 3 aliphatic heterocycles. The van der Waals surface area contributed by atoms with E-state index in [1.54, 1.807) is 106 Å². The highest BCUT2D eigenvalue weighted by Gasteiger charge is 2.51. The number of amides is 1. The van der Waals surface area contributed by atoms with Crippen molar-refractivity contribution in [1.82, 2.24) is 55.4 Å². The smallest absolute Gasteiger partial charge is 0.411 e. The average molecular weight is 1870 g/mol. The van der Waals surface area contributed by atoms with E-state index >= 15 is 0 Å². The van der Waals surface area contributed by atoms with Crippen molar-refractivity contribution >= 4 is 158 Å². The molecule has 673 valence electrons. The first-order chi connectivity index (χ1) is 57.2. The quantitative estimate of drug-likeness (QED) is 0.0139. The number of allylic oxidation sites excluding steroid dienone is 4. The zero-order valence-corrected chi connectivity index (χ0v) is 75.2. The van der Waals surface area contributed by atoms with Gasteiger partial charge in [0.25, 0.3) is 5.56 Å². The van der Waals surface area contributed by atoms with Crippen molar-refractivity contribution in [2.45, 2.75) is 186 Å². The Hall–Kier alpha value is -9.78. The van der Waals surface area contributed by atoms with Gasteiger partial charge in [-0.15, -0.1) is 0 Å². The molecule has 9 atom stereocenters. The Morgan fingerprint density at radius 2 is 0.808 bits per heavy atom. The number of hydrogen-bond donors (Lipinski definition) is 6. The fourth-order valence-corrected chi connectivity index (χ4v) is 12.9. The molecule has 4 aromatic heterocycles. The first-order valence-corrected chi connectivity index (χ1v) is 40.3. The number of hydrogen-bond acceptors (Lipinski definition) is 23. The predicted molar refractivity (Wildman–Crippen MR) is 469 cm³/mol. The maximum Gasteiger partial charge on any atom is 0.411 e. The molecule has 0 bridgehead atoms. The number of rotatable bonds is 15. The number of carbonyl (C=O) groups is 4. The summed E-state index contributed by atoms with van der Waals surface area (Å²) in [5.41, 5.74) is 7.57. The monoisotopic (exact) mass is 1860 g/mol. The van der Waals surface area contributed by atoms with E-state index in [-0.39, 0.29) is 78.4 Å². The molecule has 1 amide bonds. The van der Waals surface area contributed by atoms with E-state index < -0.39 is 135 Å². The van der Waals surface area contributed by atoms with Gasteiger partial charge in [-0.25, -0.2) is 44.5 Å². The summed E-state index contributed by atoms with van der Waals surface area (Å²) in [5, 5.41) is 17.3. The maximum absolute atomic E-state index is 14.8. The van der Waals surface area contributed by atoms with Gasteiger partial charge < -0.3 is 60.6 Å². The van der Waals surface area contributed by atoms with Crippen molar-refractivity contribution in [2.24, 2.45) is 17.8 Å². The Labute approximate surface area is 748 Å². The first-order valence-electron chi connectivity index (χ1n) is 38.0. The third kappa shape index (κ3) is 28.4. The van der Waals surface area contributed by atoms with E-state index in [0.717, 1.165) is 0 Å². The number of β-amino-alcohol motifs (C(OH)–C–C–N with tert-alkyl or cyclic N) is 1. The molecule has 0 saturated carbocycles. The third-order valence-electron chi connectivity index (χ3n) is 18.0. The van der Waals surface area contributed by atoms with Crippen LogP contribution in [0.3, 0.4) is 0 Å². The number of aliphatic hydroxyl groups is 1. The fourth-order valence-electron chi connectivity index (χ4n) is 11.8. The van der Waals surface area contributed by atoms with Crippen molar-refractivity contribution in [3.8, 4) is 11.8 Å². The van der Waals surface area contributed by atoms with Gasteiger partial charge in [-0.2, -0.15) is 35.1 Å². The zero-order chi connectivity index (χ0) is 93.2. The van der Waals surface area contributed by atoms with Crippen LogP contribution in [0.5, 0.6) is 11.8 Å². The van der Waals surface area contributed by atoms with E-state index in [1.807, 2.05) is 27.7 Å². The van der Waals surface area contributed by atoms with Crippen LogP contribution in [0.25, 0.3) is 44.1 Å². The van der Waals surface area contributed by atoms with Crippen LogP contribution in [0, 0.1) is 17.8 Å². The second-order valence-corrected chi connectivity index (χ2v) is 35.1. The predicted octanol–water partition coefficient (Wildman–Crippen LogP) is 18.7. The number of nitrogens with two attached hydrogens (primary N) is 2. The van der Waals surface area contributed by atoms with E-state index in [4.69, 9.17) is 109 Å². The Morgan fingerprint density at radius 1 is 0.448 bits per heavy atom. The van der Waals surface area contributed by atoms with Crippen LogP contribution in [-0.4, -0.2) is 161 Å². The average Bonchev–Trinajstić information content (AvgIpc) is 1.76. The van der Waals surface area contributed by atoms with Gasteiger partial charge >= 0.3 is 47.7 Å². The van der Waals surface area contributed by atoms with Gasteiger partial charge in [-0.1, -0.05) is 117 Å². The number of alkyl halides is 8. The van der Waals surface area contributed by atoms with E-state index in [9.17, 15) is 64.2 Å². The summed E-state index contributed by atoms with van der Waals surface area (Å²) in [6.07, 6.45) is -0.909. The number of esters is 3. The number of benzene rings is 5. The van der Waals surface area contributed by atoms with Gasteiger partial charge in [0.05, 0.1) is 68.2 Å². The Kier molecular flexibility index (Phi) is 34.8. The van der Waals surface area contributed by atoms with Crippen LogP contribution < -0.4 is 37.1 Å². The standard InChI is InChI=1S/C26H32ClF2N3O5.C21H24ClF2N3O3.C11H6Cl2F2N2.C11H7ClF2N2O.C10H19NO3.C6H7ClN2.B/c1-9-26(28,29)20-21(31-17-12-15(27)10-11-16(17)30-20)35-18-13-32(23(34)37-25(6,7)8)19(14(18)2)22(33)36-24(3,4)5;1-6-21(23,24)17-18(27-14-9-12(22)7-8-13(14)26-17)29-15-10-25-16(11(15)2)19(28)30-20(3,4)5;1-2-11(14,15)9-10(13)17-8-5-6(12)3-4-7(8)16-9;1-2-11(13,14)9-10(17)16-8-5-6(12)3-4-7(8)15-9;1-6-7(12)5-11-8(6)9(13)14-10(2,3)4;7-4-1-2-5(8)6(9)3-4;/h9-12,14,18-19H,1,13H2,2-8H3;6-9,11,15-16,25H,1,10H2,2-5H3;2-5H,1H2;2-5H,1H2,(H,16,17);6-8,11-12H,5H2,1-4H3;1-3H,8-9H2;/t14-,18+,19+;11-,15+,16+;;;6-,7+,8+;;/m11..1../s1. The lowest BCUT2D eigenvalue weighted by atomic mass is 10.00. The van der Waals surface area contributed by atoms with Gasteiger partial charge in [-0.05, 0) is 198 Å². The third-order valence-corrected chi connectivity index (χ3v) is 19.5. The molecule has 3 radical (unpaired) electrons. The molecule has 40 heteroatoms. The number of aromatic nitrogens is 8. The lowest BCUT2D eigenvalue weighted by Gasteiger charge is -2.30. The first kappa shape index (κ1) is 104. The molecule has 0 spiro atoms. The molecule has 3 saturated heterocycles. The molecule has 5 aromatic carbocycles. The highest BCUT2D eigenvalue weighted by Crippen LogP contribution is 2.41. The number of nitrogen functional groups attached to an aromatic ring is 2. The zero-order valence-electron chi connectivity index (χ0n) is 70.7. The van der Waals surface area contributed by atoms with E-state index in [2.05, 4.69) is 76.8 Å². The van der Waals surface area contributed by atoms with Gasteiger partial charge in [0, 0.05) is 64.4 Å². The Bertz CT molecular complexity index is 5510. The molecule has 9 aromatic rings. The Morgan fingerprint density at radius 3 is 1.22 bits per heavy atom. The molecule has 25 nitrogen and oxygen atoms in total. The largest absolute Gasteiger partial charge is 0.471 e. The van der Waals surface area contributed by atoms with Crippen LogP contribution in [0.15, 0.2) is 146 Å². The number of aliphatic hydroxyl groups excluding tert-OH is 1. The number of aromatic amines is 1. The van der Waals surface area contributed by atoms with Crippen molar-refractivity contribution in [1.29, 1.82) is 0 Å². The minimum Gasteiger partial charge on any atom is -0.471 e. The minimum absolute atomic E-state index is 0. The van der Waals surface area contributed by atoms with Gasteiger partial charge in [0.2, 0.25) is 11.8 Å². The van der Waals surface area contributed by atoms with Crippen molar-refractivity contribution in [3.05, 3.63) is 205 Å². The van der Waals surface area contributed by atoms with Crippen LogP contribution in [0.4, 0.5) is 51.3 Å². The lowest BCUT2D eigenvalue weighted by Crippen LogP contribution is -2.47. The Balaban J connectivity index is 0.000000245. The summed E-state index contributed by atoms with van der Waals surface area (Å²) in [6, 6.07) is 20.9. The number of nitrogens with zero attached hydrogens (tertiary/aromatic N) is 8. The number of ether oxygens (including phenoxy) is 6. The SMILES string of the molecule is C=CC(F)(F)c1nc2ccc(Cl)cc2[nH]c1=O.C=CC(F)(F)c1nc2ccc(Cl)cc2nc1Cl.C=CC(F)(F)c1nc2ccc(Cl)cc2nc1O[C@H]1CN(C(=O)OC(C)(C)C)[C@H](C(=O)OC(C)(C)C)[C@@H]1C.C=CC(F)(F)c1nc2ccc(Cl)cc2nc1O[C@H]1CN[C@H](C(=O)OC(C)(C)C)[C@@H]1C.C[C@H]1[C@@H](C(=O)OC(C)(C)C)NC[C@@H]1O.Nc1ccc(Cl)cc1N.[B]. The summed E-state index contributed by atoms with van der Waals surface area (Å²) in [5.74, 6) is -17.0. The fraction of sp³-hybridized carbons (Fsp3) is 0.412. The highest BCUT2D eigenvalue weighted by molar-refractivity contribution is 6.33. The molecule has 3 aliphatic rings. The van der Waals surface area contributed by atoms with Crippen molar-refractivity contribution in [2.75, 3.05) is 31.1 Å². The summed E-state index contributed by atoms with van der Waals surface area (Å²) in [4.78, 5) is 93.1. The van der Waals surface area contributed by atoms with Gasteiger partial charge in [0.1, 0.15) is 52.7 Å². The molecule has 12 rings (SSSR count). The molecule has 7 heterocycles. The number of nitrogens with one attached hydrogen (secondary N) is 3. The van der Waals surface area contributed by atoms with E-state index in [1.165, 1.54) is 65.6 Å². The summed E-state index contributed by atoms with van der Waals surface area (Å²) < 4.78 is 146. The maximum atomic E-state index is 14.8. The number of carbonyl (C=O) groups excluding carboxylic acids is 4. The normalized spacial score (nSPS) is 19.0.